The second kappa shape index (κ2) is 7.21. The lowest BCUT2D eigenvalue weighted by molar-refractivity contribution is -0.0498. The van der Waals surface area contributed by atoms with Crippen molar-refractivity contribution >= 4 is 11.7 Å². The highest BCUT2D eigenvalue weighted by Gasteiger charge is 2.25. The van der Waals surface area contributed by atoms with Crippen molar-refractivity contribution in [2.24, 2.45) is 0 Å². The molecule has 1 N–H and O–H groups in total. The van der Waals surface area contributed by atoms with Gasteiger partial charge in [0.25, 0.3) is 0 Å². The molecular formula is C14H18F2N2O3. The van der Waals surface area contributed by atoms with E-state index in [-0.39, 0.29) is 17.8 Å². The minimum atomic E-state index is -2.86. The van der Waals surface area contributed by atoms with E-state index in [1.807, 2.05) is 6.92 Å². The summed E-state index contributed by atoms with van der Waals surface area (Å²) in [7, 11) is 0. The molecule has 1 aliphatic heterocycles. The monoisotopic (exact) mass is 300 g/mol. The maximum atomic E-state index is 12.2. The SMILES string of the molecule is CC[C@H]1COCCN1C(=O)Nc1ccc(OC(F)F)cc1. The molecule has 0 unspecified atom stereocenters. The van der Waals surface area contributed by atoms with E-state index in [0.29, 0.717) is 25.4 Å². The Morgan fingerprint density at radius 3 is 2.81 bits per heavy atom. The number of halogens is 2. The molecule has 0 aliphatic carbocycles. The maximum absolute atomic E-state index is 12.2. The number of carbonyl (C=O) groups excluding carboxylic acids is 1. The molecule has 2 rings (SSSR count). The Balaban J connectivity index is 1.95. The number of rotatable bonds is 4. The average Bonchev–Trinajstić information content (AvgIpc) is 2.48. The first-order valence-corrected chi connectivity index (χ1v) is 6.80. The maximum Gasteiger partial charge on any atom is 0.387 e. The summed E-state index contributed by atoms with van der Waals surface area (Å²) in [5.41, 5.74) is 0.531. The molecule has 0 aromatic heterocycles. The van der Waals surface area contributed by atoms with E-state index in [2.05, 4.69) is 10.1 Å². The van der Waals surface area contributed by atoms with E-state index in [1.165, 1.54) is 24.3 Å². The summed E-state index contributed by atoms with van der Waals surface area (Å²) < 4.78 is 33.7. The Labute approximate surface area is 121 Å². The van der Waals surface area contributed by atoms with Gasteiger partial charge >= 0.3 is 12.6 Å². The molecule has 1 atom stereocenters. The zero-order chi connectivity index (χ0) is 15.2. The number of amides is 2. The van der Waals surface area contributed by atoms with Crippen LogP contribution in [0.5, 0.6) is 5.75 Å². The number of benzene rings is 1. The summed E-state index contributed by atoms with van der Waals surface area (Å²) in [5, 5.41) is 2.74. The lowest BCUT2D eigenvalue weighted by Crippen LogP contribution is -2.50. The van der Waals surface area contributed by atoms with Gasteiger partial charge in [0.15, 0.2) is 0 Å². The second-order valence-electron chi connectivity index (χ2n) is 4.66. The van der Waals surface area contributed by atoms with Crippen molar-refractivity contribution in [1.29, 1.82) is 0 Å². The molecule has 0 spiro atoms. The number of anilines is 1. The van der Waals surface area contributed by atoms with Crippen molar-refractivity contribution in [3.8, 4) is 5.75 Å². The van der Waals surface area contributed by atoms with Gasteiger partial charge in [0.05, 0.1) is 19.3 Å². The number of morpholine rings is 1. The third-order valence-electron chi connectivity index (χ3n) is 3.29. The van der Waals surface area contributed by atoms with Crippen LogP contribution < -0.4 is 10.1 Å². The molecule has 1 aromatic rings. The molecular weight excluding hydrogens is 282 g/mol. The standard InChI is InChI=1S/C14H18F2N2O3/c1-2-11-9-20-8-7-18(11)14(19)17-10-3-5-12(6-4-10)21-13(15)16/h3-6,11,13H,2,7-9H2,1H3,(H,17,19)/t11-/m0/s1. The average molecular weight is 300 g/mol. The Kier molecular flexibility index (Phi) is 5.32. The minimum absolute atomic E-state index is 0.0557. The lowest BCUT2D eigenvalue weighted by Gasteiger charge is -2.35. The fourth-order valence-electron chi connectivity index (χ4n) is 2.18. The van der Waals surface area contributed by atoms with Gasteiger partial charge in [0.1, 0.15) is 5.75 Å². The molecule has 1 saturated heterocycles. The second-order valence-corrected chi connectivity index (χ2v) is 4.66. The van der Waals surface area contributed by atoms with Gasteiger partial charge in [-0.05, 0) is 30.7 Å². The number of nitrogens with one attached hydrogen (secondary N) is 1. The predicted molar refractivity (Wildman–Crippen MR) is 73.7 cm³/mol. The van der Waals surface area contributed by atoms with Crippen molar-refractivity contribution in [3.63, 3.8) is 0 Å². The quantitative estimate of drug-likeness (QED) is 0.930. The smallest absolute Gasteiger partial charge is 0.387 e. The summed E-state index contributed by atoms with van der Waals surface area (Å²) in [6.07, 6.45) is 0.814. The topological polar surface area (TPSA) is 50.8 Å². The van der Waals surface area contributed by atoms with Gasteiger partial charge in [-0.3, -0.25) is 0 Å². The van der Waals surface area contributed by atoms with Crippen molar-refractivity contribution in [1.82, 2.24) is 4.90 Å². The van der Waals surface area contributed by atoms with Crippen LogP contribution in [0.2, 0.25) is 0 Å². The molecule has 5 nitrogen and oxygen atoms in total. The van der Waals surface area contributed by atoms with Crippen LogP contribution in [0.15, 0.2) is 24.3 Å². The van der Waals surface area contributed by atoms with Crippen LogP contribution in [0.4, 0.5) is 19.3 Å². The summed E-state index contributed by atoms with van der Waals surface area (Å²) in [6.45, 7) is 0.729. The highest BCUT2D eigenvalue weighted by Crippen LogP contribution is 2.19. The lowest BCUT2D eigenvalue weighted by atomic mass is 10.2. The van der Waals surface area contributed by atoms with E-state index in [1.54, 1.807) is 4.90 Å². The first-order valence-electron chi connectivity index (χ1n) is 6.80. The van der Waals surface area contributed by atoms with Crippen molar-refractivity contribution in [2.75, 3.05) is 25.1 Å². The number of alkyl halides is 2. The van der Waals surface area contributed by atoms with Gasteiger partial charge < -0.3 is 19.7 Å². The molecule has 1 heterocycles. The third-order valence-corrected chi connectivity index (χ3v) is 3.29. The minimum Gasteiger partial charge on any atom is -0.435 e. The van der Waals surface area contributed by atoms with Crippen molar-refractivity contribution < 1.29 is 23.0 Å². The van der Waals surface area contributed by atoms with Crippen LogP contribution in [0, 0.1) is 0 Å². The van der Waals surface area contributed by atoms with Crippen LogP contribution in [0.3, 0.4) is 0 Å². The van der Waals surface area contributed by atoms with Crippen LogP contribution in [0.1, 0.15) is 13.3 Å². The van der Waals surface area contributed by atoms with Crippen LogP contribution >= 0.6 is 0 Å². The molecule has 1 fully saturated rings. The number of carbonyl (C=O) groups is 1. The summed E-state index contributed by atoms with van der Waals surface area (Å²) in [5.74, 6) is 0.0563. The summed E-state index contributed by atoms with van der Waals surface area (Å²) >= 11 is 0. The number of hydrogen-bond acceptors (Lipinski definition) is 3. The Bertz CT molecular complexity index is 468. The van der Waals surface area contributed by atoms with Crippen molar-refractivity contribution in [3.05, 3.63) is 24.3 Å². The van der Waals surface area contributed by atoms with Crippen molar-refractivity contribution in [2.45, 2.75) is 26.0 Å². The Hall–Kier alpha value is -1.89. The highest BCUT2D eigenvalue weighted by molar-refractivity contribution is 5.89. The molecule has 7 heteroatoms. The predicted octanol–water partition coefficient (Wildman–Crippen LogP) is 2.93. The van der Waals surface area contributed by atoms with Gasteiger partial charge in [-0.25, -0.2) is 4.79 Å². The Morgan fingerprint density at radius 2 is 2.19 bits per heavy atom. The number of nitrogens with zero attached hydrogens (tertiary/aromatic N) is 1. The third kappa shape index (κ3) is 4.29. The summed E-state index contributed by atoms with van der Waals surface area (Å²) in [4.78, 5) is 13.9. The molecule has 1 aromatic carbocycles. The molecule has 1 aliphatic rings. The molecule has 0 saturated carbocycles. The van der Waals surface area contributed by atoms with E-state index in [9.17, 15) is 13.6 Å². The molecule has 0 radical (unpaired) electrons. The van der Waals surface area contributed by atoms with Gasteiger partial charge in [0.2, 0.25) is 0 Å². The van der Waals surface area contributed by atoms with Gasteiger partial charge in [-0.15, -0.1) is 0 Å². The van der Waals surface area contributed by atoms with E-state index in [4.69, 9.17) is 4.74 Å². The fourth-order valence-corrected chi connectivity index (χ4v) is 2.18. The molecule has 0 bridgehead atoms. The zero-order valence-electron chi connectivity index (χ0n) is 11.7. The number of hydrogen-bond donors (Lipinski definition) is 1. The largest absolute Gasteiger partial charge is 0.435 e. The first-order chi connectivity index (χ1) is 10.1. The van der Waals surface area contributed by atoms with Crippen LogP contribution in [0.25, 0.3) is 0 Å². The Morgan fingerprint density at radius 1 is 1.48 bits per heavy atom. The van der Waals surface area contributed by atoms with Crippen LogP contribution in [-0.4, -0.2) is 43.3 Å². The van der Waals surface area contributed by atoms with Gasteiger partial charge in [-0.2, -0.15) is 8.78 Å². The molecule has 21 heavy (non-hydrogen) atoms. The zero-order valence-corrected chi connectivity index (χ0v) is 11.7. The normalized spacial score (nSPS) is 18.7. The van der Waals surface area contributed by atoms with Gasteiger partial charge in [0, 0.05) is 12.2 Å². The van der Waals surface area contributed by atoms with Crippen LogP contribution in [-0.2, 0) is 4.74 Å². The van der Waals surface area contributed by atoms with E-state index >= 15 is 0 Å². The molecule has 2 amide bonds. The first kappa shape index (κ1) is 15.5. The summed E-state index contributed by atoms with van der Waals surface area (Å²) in [6, 6.07) is 5.66. The number of ether oxygens (including phenoxy) is 2. The molecule has 116 valence electrons. The van der Waals surface area contributed by atoms with Gasteiger partial charge in [-0.1, -0.05) is 6.92 Å². The fraction of sp³-hybridized carbons (Fsp3) is 0.500. The van der Waals surface area contributed by atoms with E-state index in [0.717, 1.165) is 6.42 Å². The number of urea groups is 1. The van der Waals surface area contributed by atoms with E-state index < -0.39 is 6.61 Å². The highest BCUT2D eigenvalue weighted by atomic mass is 19.3.